The van der Waals surface area contributed by atoms with Crippen LogP contribution in [-0.4, -0.2) is 18.3 Å². The Hall–Kier alpha value is -1.84. The summed E-state index contributed by atoms with van der Waals surface area (Å²) in [7, 11) is 2.45. The molecule has 205 valence electrons. The van der Waals surface area contributed by atoms with Crippen LogP contribution in [0.1, 0.15) is 33.4 Å². The van der Waals surface area contributed by atoms with Crippen LogP contribution in [0.15, 0.2) is 72.8 Å². The van der Waals surface area contributed by atoms with Gasteiger partial charge in [0.05, 0.1) is 18.3 Å². The van der Waals surface area contributed by atoms with Gasteiger partial charge >= 0.3 is 0 Å². The third-order valence-electron chi connectivity index (χ3n) is 6.31. The first-order valence-electron chi connectivity index (χ1n) is 12.0. The molecule has 0 atom stereocenters. The molecule has 0 nitrogen and oxygen atoms in total. The van der Waals surface area contributed by atoms with Gasteiger partial charge in [-0.1, -0.05) is 124 Å². The molecule has 0 unspecified atom stereocenters. The normalized spacial score (nSPS) is 9.53. The number of aryl methyl sites for hydroxylation is 2. The molecule has 0 amide bonds. The van der Waals surface area contributed by atoms with E-state index in [1.165, 1.54) is 54.9 Å². The number of benzene rings is 3. The molecular formula is C35H48Si2Ti-5. The topological polar surface area (TPSA) is 0 Å². The number of hydrogen-bond acceptors (Lipinski definition) is 0. The predicted octanol–water partition coefficient (Wildman–Crippen LogP) is 8.78. The van der Waals surface area contributed by atoms with Crippen LogP contribution in [0.25, 0.3) is 11.1 Å². The van der Waals surface area contributed by atoms with Crippen molar-refractivity contribution in [2.45, 2.75) is 61.2 Å². The van der Waals surface area contributed by atoms with E-state index in [4.69, 9.17) is 0 Å². The summed E-state index contributed by atoms with van der Waals surface area (Å²) in [6.07, 6.45) is 0. The molecule has 0 N–H and O–H groups in total. The van der Waals surface area contributed by atoms with E-state index in [1.807, 2.05) is 31.2 Å². The first-order chi connectivity index (χ1) is 15.9. The second-order valence-corrected chi connectivity index (χ2v) is 15.8. The second-order valence-electron chi connectivity index (χ2n) is 10.1. The Labute approximate surface area is 256 Å². The summed E-state index contributed by atoms with van der Waals surface area (Å²) in [5, 5.41) is 2.72. The molecule has 0 aliphatic heterocycles. The van der Waals surface area contributed by atoms with Crippen molar-refractivity contribution in [1.82, 2.24) is 0 Å². The number of rotatable bonds is 2. The van der Waals surface area contributed by atoms with Gasteiger partial charge in [-0.2, -0.15) is 47.0 Å². The fourth-order valence-electron chi connectivity index (χ4n) is 3.96. The van der Waals surface area contributed by atoms with Crippen LogP contribution < -0.4 is 10.4 Å². The van der Waals surface area contributed by atoms with Crippen molar-refractivity contribution in [2.75, 3.05) is 0 Å². The summed E-state index contributed by atoms with van der Waals surface area (Å²) < 4.78 is 0. The molecule has 0 aromatic heterocycles. The molecule has 3 radical (unpaired) electrons. The second kappa shape index (κ2) is 18.4. The Bertz CT molecular complexity index is 1140. The molecule has 3 heteroatoms. The minimum atomic E-state index is -1.13. The summed E-state index contributed by atoms with van der Waals surface area (Å²) >= 11 is 0. The maximum atomic E-state index is 3.58. The first-order valence-corrected chi connectivity index (χ1v) is 16.0. The Balaban J connectivity index is -0.000000484. The molecule has 0 saturated carbocycles. The van der Waals surface area contributed by atoms with Crippen LogP contribution in [0.4, 0.5) is 0 Å². The van der Waals surface area contributed by atoms with Gasteiger partial charge < -0.3 is 22.3 Å². The quantitative estimate of drug-likeness (QED) is 0.166. The van der Waals surface area contributed by atoms with Gasteiger partial charge in [0.25, 0.3) is 0 Å². The summed E-state index contributed by atoms with van der Waals surface area (Å²) in [4.78, 5) is 0. The molecule has 38 heavy (non-hydrogen) atoms. The molecule has 0 spiro atoms. The zero-order chi connectivity index (χ0) is 25.5. The molecule has 4 rings (SSSR count). The van der Waals surface area contributed by atoms with Gasteiger partial charge in [-0.25, -0.2) is 0 Å². The molecule has 0 saturated heterocycles. The summed E-state index contributed by atoms with van der Waals surface area (Å²) in [6, 6.07) is 28.3. The van der Waals surface area contributed by atoms with Gasteiger partial charge in [0.15, 0.2) is 0 Å². The van der Waals surface area contributed by atoms with E-state index in [1.54, 1.807) is 0 Å². The van der Waals surface area contributed by atoms with Gasteiger partial charge in [-0.3, -0.25) is 0 Å². The van der Waals surface area contributed by atoms with Crippen LogP contribution in [0.5, 0.6) is 0 Å². The maximum absolute atomic E-state index is 3.58. The van der Waals surface area contributed by atoms with Crippen LogP contribution in [0, 0.1) is 69.9 Å². The molecule has 0 fully saturated rings. The number of hydrogen-bond donors (Lipinski definition) is 0. The fraction of sp³-hybridized carbons (Fsp3) is 0.257. The maximum Gasteiger partial charge on any atom is 0.0775 e. The van der Waals surface area contributed by atoms with E-state index >= 15 is 0 Å². The minimum Gasteiger partial charge on any atom is -0.358 e. The van der Waals surface area contributed by atoms with Gasteiger partial charge in [0, 0.05) is 21.7 Å². The third kappa shape index (κ3) is 11.9. The van der Waals surface area contributed by atoms with E-state index in [0.29, 0.717) is 0 Å². The molecule has 0 aliphatic rings. The predicted molar refractivity (Wildman–Crippen MR) is 175 cm³/mol. The fourth-order valence-corrected chi connectivity index (χ4v) is 5.73. The third-order valence-corrected chi connectivity index (χ3v) is 8.62. The largest absolute Gasteiger partial charge is 0.358 e. The summed E-state index contributed by atoms with van der Waals surface area (Å²) in [6.45, 7) is 20.1. The van der Waals surface area contributed by atoms with Crippen molar-refractivity contribution in [3.63, 3.8) is 0 Å². The monoisotopic (exact) mass is 572 g/mol. The van der Waals surface area contributed by atoms with Crippen LogP contribution >= 0.6 is 0 Å². The van der Waals surface area contributed by atoms with Gasteiger partial charge in [0.1, 0.15) is 0 Å². The van der Waals surface area contributed by atoms with Gasteiger partial charge in [-0.05, 0) is 6.92 Å². The van der Waals surface area contributed by atoms with E-state index in [2.05, 4.69) is 119 Å². The SMILES string of the molecule is Cc1[c-]cccc1.Cc1c(C)c(-c2ccccc2)[c-](C)c1C.Cc1cc([Si])cc([Si](C)(C)C)c1.[CH3-].[CH3-].[CH3-].[Ti]. The molecule has 4 aromatic carbocycles. The molecule has 0 aliphatic carbocycles. The Kier molecular flexibility index (Phi) is 19.7. The van der Waals surface area contributed by atoms with Crippen LogP contribution in [0.2, 0.25) is 19.6 Å². The average Bonchev–Trinajstić information content (AvgIpc) is 2.97. The standard InChI is InChI=1S/C15H17.C10H15Si2.C7H7.3CH3.Ti/c1-10-11(2)13(4)15(12(10)3)14-8-6-5-7-9-14;1-8-5-9(11)7-10(6-8)12(2,3)4;1-7-5-3-2-4-6-7;;;;/h5-9H,1-4H3;5-7H,1-4H3;2-5H,1H3;3*1H3;/q-1;;4*-1;. The van der Waals surface area contributed by atoms with Crippen molar-refractivity contribution in [1.29, 1.82) is 0 Å². The summed E-state index contributed by atoms with van der Waals surface area (Å²) in [5.41, 5.74) is 11.0. The minimum absolute atomic E-state index is 0. The van der Waals surface area contributed by atoms with E-state index in [-0.39, 0.29) is 44.0 Å². The van der Waals surface area contributed by atoms with Crippen LogP contribution in [-0.2, 0) is 21.7 Å². The van der Waals surface area contributed by atoms with Crippen molar-refractivity contribution >= 4 is 28.7 Å². The van der Waals surface area contributed by atoms with Crippen molar-refractivity contribution in [3.05, 3.63) is 135 Å². The summed E-state index contributed by atoms with van der Waals surface area (Å²) in [5.74, 6) is 0. The van der Waals surface area contributed by atoms with Gasteiger partial charge in [-0.15, -0.1) is 16.7 Å². The Morgan fingerprint density at radius 1 is 0.737 bits per heavy atom. The van der Waals surface area contributed by atoms with Crippen molar-refractivity contribution < 1.29 is 21.7 Å². The average molecular weight is 573 g/mol. The zero-order valence-electron chi connectivity index (χ0n) is 25.9. The molecule has 0 heterocycles. The van der Waals surface area contributed by atoms with Gasteiger partial charge in [0.2, 0.25) is 0 Å². The van der Waals surface area contributed by atoms with Crippen molar-refractivity contribution in [2.24, 2.45) is 0 Å². The van der Waals surface area contributed by atoms with E-state index in [0.717, 1.165) is 0 Å². The molecule has 4 aromatic rings. The van der Waals surface area contributed by atoms with E-state index < -0.39 is 8.07 Å². The smallest absolute Gasteiger partial charge is 0.0775 e. The first kappa shape index (κ1) is 40.7. The molecular weight excluding hydrogens is 524 g/mol. The zero-order valence-corrected chi connectivity index (χ0v) is 29.5. The van der Waals surface area contributed by atoms with Crippen LogP contribution in [0.3, 0.4) is 0 Å². The van der Waals surface area contributed by atoms with E-state index in [9.17, 15) is 0 Å². The Morgan fingerprint density at radius 2 is 1.29 bits per heavy atom. The molecule has 0 bridgehead atoms. The van der Waals surface area contributed by atoms with Crippen molar-refractivity contribution in [3.8, 4) is 11.1 Å². The Morgan fingerprint density at radius 3 is 1.66 bits per heavy atom.